The molecular formula is C22H28N2O3. The van der Waals surface area contributed by atoms with Crippen molar-refractivity contribution in [2.45, 2.75) is 25.4 Å². The van der Waals surface area contributed by atoms with E-state index in [9.17, 15) is 4.79 Å². The van der Waals surface area contributed by atoms with Crippen LogP contribution in [0.4, 0.5) is 0 Å². The summed E-state index contributed by atoms with van der Waals surface area (Å²) in [5.41, 5.74) is 1.13. The van der Waals surface area contributed by atoms with Crippen LogP contribution in [0, 0.1) is 0 Å². The van der Waals surface area contributed by atoms with Gasteiger partial charge in [-0.15, -0.1) is 0 Å². The largest absolute Gasteiger partial charge is 0.497 e. The maximum Gasteiger partial charge on any atom is 0.224 e. The SMILES string of the molecule is COc1ccc2cc([C@H]3CN(C(=O)CCN4CCCC4)CCO3)ccc2c1. The first-order valence-corrected chi connectivity index (χ1v) is 9.92. The van der Waals surface area contributed by atoms with Crippen LogP contribution in [0.5, 0.6) is 5.75 Å². The van der Waals surface area contributed by atoms with E-state index in [1.807, 2.05) is 17.0 Å². The highest BCUT2D eigenvalue weighted by molar-refractivity contribution is 5.84. The maximum absolute atomic E-state index is 12.6. The Bertz CT molecular complexity index is 801. The molecule has 0 N–H and O–H groups in total. The Morgan fingerprint density at radius 1 is 1.11 bits per heavy atom. The van der Waals surface area contributed by atoms with Crippen molar-refractivity contribution in [2.75, 3.05) is 46.4 Å². The Morgan fingerprint density at radius 3 is 2.70 bits per heavy atom. The summed E-state index contributed by atoms with van der Waals surface area (Å²) in [6.45, 7) is 5.10. The summed E-state index contributed by atoms with van der Waals surface area (Å²) in [6.07, 6.45) is 3.09. The molecule has 2 saturated heterocycles. The normalized spacial score (nSPS) is 20.9. The van der Waals surface area contributed by atoms with Gasteiger partial charge in [-0.1, -0.05) is 18.2 Å². The minimum absolute atomic E-state index is 0.0546. The van der Waals surface area contributed by atoms with Gasteiger partial charge in [-0.25, -0.2) is 0 Å². The molecule has 0 bridgehead atoms. The van der Waals surface area contributed by atoms with E-state index in [0.717, 1.165) is 41.7 Å². The number of rotatable bonds is 5. The van der Waals surface area contributed by atoms with Crippen LogP contribution < -0.4 is 4.74 Å². The molecule has 5 heteroatoms. The smallest absolute Gasteiger partial charge is 0.224 e. The first-order chi connectivity index (χ1) is 13.2. The lowest BCUT2D eigenvalue weighted by Gasteiger charge is -2.33. The molecule has 1 atom stereocenters. The summed E-state index contributed by atoms with van der Waals surface area (Å²) in [5.74, 6) is 1.11. The van der Waals surface area contributed by atoms with Gasteiger partial charge in [0.05, 0.1) is 20.3 Å². The van der Waals surface area contributed by atoms with Gasteiger partial charge in [0.15, 0.2) is 0 Å². The molecule has 0 radical (unpaired) electrons. The number of hydrogen-bond acceptors (Lipinski definition) is 4. The monoisotopic (exact) mass is 368 g/mol. The van der Waals surface area contributed by atoms with Crippen molar-refractivity contribution >= 4 is 16.7 Å². The molecule has 0 unspecified atom stereocenters. The van der Waals surface area contributed by atoms with Gasteiger partial charge in [-0.2, -0.15) is 0 Å². The summed E-state index contributed by atoms with van der Waals surface area (Å²) >= 11 is 0. The molecule has 27 heavy (non-hydrogen) atoms. The molecule has 0 saturated carbocycles. The number of methoxy groups -OCH3 is 1. The van der Waals surface area contributed by atoms with Crippen molar-refractivity contribution in [2.24, 2.45) is 0 Å². The summed E-state index contributed by atoms with van der Waals surface area (Å²) in [6, 6.07) is 12.4. The topological polar surface area (TPSA) is 42.0 Å². The molecule has 2 aromatic rings. The molecular weight excluding hydrogens is 340 g/mol. The molecule has 2 aliphatic heterocycles. The van der Waals surface area contributed by atoms with Gasteiger partial charge >= 0.3 is 0 Å². The fourth-order valence-electron chi connectivity index (χ4n) is 4.07. The average molecular weight is 368 g/mol. The second-order valence-corrected chi connectivity index (χ2v) is 7.47. The van der Waals surface area contributed by atoms with Crippen LogP contribution in [0.25, 0.3) is 10.8 Å². The third kappa shape index (κ3) is 4.25. The van der Waals surface area contributed by atoms with Crippen molar-refractivity contribution < 1.29 is 14.3 Å². The van der Waals surface area contributed by atoms with E-state index in [2.05, 4.69) is 29.2 Å². The van der Waals surface area contributed by atoms with Crippen molar-refractivity contribution in [3.8, 4) is 5.75 Å². The molecule has 2 fully saturated rings. The average Bonchev–Trinajstić information content (AvgIpc) is 3.25. The molecule has 0 aromatic heterocycles. The highest BCUT2D eigenvalue weighted by Crippen LogP contribution is 2.28. The fraction of sp³-hybridized carbons (Fsp3) is 0.500. The third-order valence-electron chi connectivity index (χ3n) is 5.70. The molecule has 0 spiro atoms. The minimum Gasteiger partial charge on any atom is -0.497 e. The number of fused-ring (bicyclic) bond motifs is 1. The van der Waals surface area contributed by atoms with Crippen molar-refractivity contribution in [3.05, 3.63) is 42.0 Å². The molecule has 0 aliphatic carbocycles. The summed E-state index contributed by atoms with van der Waals surface area (Å²) in [4.78, 5) is 17.0. The van der Waals surface area contributed by atoms with E-state index in [0.29, 0.717) is 26.1 Å². The minimum atomic E-state index is -0.0546. The van der Waals surface area contributed by atoms with Gasteiger partial charge in [-0.05, 0) is 60.5 Å². The molecule has 4 rings (SSSR count). The lowest BCUT2D eigenvalue weighted by Crippen LogP contribution is -2.43. The van der Waals surface area contributed by atoms with Gasteiger partial charge in [-0.3, -0.25) is 4.79 Å². The number of morpholine rings is 1. The number of likely N-dealkylation sites (tertiary alicyclic amines) is 1. The summed E-state index contributed by atoms with van der Waals surface area (Å²) < 4.78 is 11.3. The lowest BCUT2D eigenvalue weighted by atomic mass is 10.0. The van der Waals surface area contributed by atoms with Gasteiger partial charge < -0.3 is 19.3 Å². The predicted molar refractivity (Wildman–Crippen MR) is 106 cm³/mol. The number of hydrogen-bond donors (Lipinski definition) is 0. The number of carbonyl (C=O) groups excluding carboxylic acids is 1. The zero-order valence-electron chi connectivity index (χ0n) is 16.0. The van der Waals surface area contributed by atoms with E-state index in [-0.39, 0.29) is 12.0 Å². The van der Waals surface area contributed by atoms with Crippen LogP contribution in [-0.4, -0.2) is 62.1 Å². The Balaban J connectivity index is 1.41. The zero-order chi connectivity index (χ0) is 18.6. The third-order valence-corrected chi connectivity index (χ3v) is 5.70. The molecule has 2 aliphatic rings. The van der Waals surface area contributed by atoms with E-state index < -0.39 is 0 Å². The van der Waals surface area contributed by atoms with Gasteiger partial charge in [0.2, 0.25) is 5.91 Å². The molecule has 5 nitrogen and oxygen atoms in total. The number of benzene rings is 2. The fourth-order valence-corrected chi connectivity index (χ4v) is 4.07. The number of nitrogens with zero attached hydrogens (tertiary/aromatic N) is 2. The summed E-state index contributed by atoms with van der Waals surface area (Å²) in [7, 11) is 1.68. The highest BCUT2D eigenvalue weighted by Gasteiger charge is 2.26. The van der Waals surface area contributed by atoms with Crippen LogP contribution in [-0.2, 0) is 9.53 Å². The van der Waals surface area contributed by atoms with Crippen LogP contribution in [0.2, 0.25) is 0 Å². The van der Waals surface area contributed by atoms with E-state index >= 15 is 0 Å². The van der Waals surface area contributed by atoms with Crippen LogP contribution >= 0.6 is 0 Å². The number of carbonyl (C=O) groups is 1. The number of amides is 1. The van der Waals surface area contributed by atoms with Crippen molar-refractivity contribution in [1.29, 1.82) is 0 Å². The number of ether oxygens (including phenoxy) is 2. The van der Waals surface area contributed by atoms with E-state index in [4.69, 9.17) is 9.47 Å². The predicted octanol–water partition coefficient (Wildman–Crippen LogP) is 3.23. The zero-order valence-corrected chi connectivity index (χ0v) is 16.0. The van der Waals surface area contributed by atoms with Crippen LogP contribution in [0.3, 0.4) is 0 Å². The summed E-state index contributed by atoms with van der Waals surface area (Å²) in [5, 5.41) is 2.31. The first kappa shape index (κ1) is 18.3. The Hall–Kier alpha value is -2.11. The molecule has 144 valence electrons. The molecule has 2 aromatic carbocycles. The Kier molecular flexibility index (Phi) is 5.60. The molecule has 2 heterocycles. The van der Waals surface area contributed by atoms with Gasteiger partial charge in [0.25, 0.3) is 0 Å². The maximum atomic E-state index is 12.6. The Labute approximate surface area is 160 Å². The van der Waals surface area contributed by atoms with E-state index in [1.165, 1.54) is 12.8 Å². The second kappa shape index (κ2) is 8.28. The first-order valence-electron chi connectivity index (χ1n) is 9.92. The molecule has 1 amide bonds. The van der Waals surface area contributed by atoms with Crippen molar-refractivity contribution in [1.82, 2.24) is 9.80 Å². The van der Waals surface area contributed by atoms with Gasteiger partial charge in [0.1, 0.15) is 11.9 Å². The van der Waals surface area contributed by atoms with Crippen molar-refractivity contribution in [3.63, 3.8) is 0 Å². The second-order valence-electron chi connectivity index (χ2n) is 7.47. The Morgan fingerprint density at radius 2 is 1.89 bits per heavy atom. The van der Waals surface area contributed by atoms with Crippen LogP contribution in [0.1, 0.15) is 30.9 Å². The standard InChI is InChI=1S/C22H28N2O3/c1-26-20-7-6-17-14-19(5-4-18(17)15-20)21-16-24(12-13-27-21)22(25)8-11-23-9-2-3-10-23/h4-7,14-15,21H,2-3,8-13,16H2,1H3/t21-/m1/s1. The van der Waals surface area contributed by atoms with Crippen LogP contribution in [0.15, 0.2) is 36.4 Å². The van der Waals surface area contributed by atoms with E-state index in [1.54, 1.807) is 7.11 Å². The quantitative estimate of drug-likeness (QED) is 0.813. The van der Waals surface area contributed by atoms with Gasteiger partial charge in [0, 0.05) is 19.5 Å². The lowest BCUT2D eigenvalue weighted by molar-refractivity contribution is -0.139. The highest BCUT2D eigenvalue weighted by atomic mass is 16.5.